The quantitative estimate of drug-likeness (QED) is 0.641. The Labute approximate surface area is 91.9 Å². The van der Waals surface area contributed by atoms with Crippen LogP contribution in [0.25, 0.3) is 0 Å². The maximum absolute atomic E-state index is 10.4. The van der Waals surface area contributed by atoms with Crippen LogP contribution in [0.5, 0.6) is 0 Å². The van der Waals surface area contributed by atoms with Gasteiger partial charge in [-0.25, -0.2) is 0 Å². The first-order valence-electron chi connectivity index (χ1n) is 5.61. The van der Waals surface area contributed by atoms with Crippen molar-refractivity contribution in [3.05, 3.63) is 0 Å². The highest BCUT2D eigenvalue weighted by atomic mass is 16.4. The molecule has 2 atom stereocenters. The Morgan fingerprint density at radius 3 is 2.33 bits per heavy atom. The molecule has 0 aromatic carbocycles. The molecule has 0 saturated heterocycles. The van der Waals surface area contributed by atoms with E-state index in [1.54, 1.807) is 0 Å². The molecule has 90 valence electrons. The fourth-order valence-electron chi connectivity index (χ4n) is 1.47. The zero-order chi connectivity index (χ0) is 11.8. The third kappa shape index (κ3) is 7.33. The molecule has 0 aliphatic heterocycles. The predicted octanol–water partition coefficient (Wildman–Crippen LogP) is 1.19. The number of carboxylic acid groups (broad SMARTS) is 1. The molecule has 0 radical (unpaired) electrons. The number of nitrogens with zero attached hydrogens (tertiary/aromatic N) is 1. The summed E-state index contributed by atoms with van der Waals surface area (Å²) in [6.45, 7) is 8.53. The van der Waals surface area contributed by atoms with Crippen LogP contribution in [-0.2, 0) is 4.79 Å². The first-order chi connectivity index (χ1) is 6.99. The Morgan fingerprint density at radius 1 is 1.33 bits per heavy atom. The Hall–Kier alpha value is -0.610. The van der Waals surface area contributed by atoms with Crippen molar-refractivity contribution in [1.82, 2.24) is 4.90 Å². The van der Waals surface area contributed by atoms with Crippen LogP contribution in [0, 0.1) is 5.92 Å². The summed E-state index contributed by atoms with van der Waals surface area (Å²) >= 11 is 0. The van der Waals surface area contributed by atoms with Gasteiger partial charge in [0, 0.05) is 13.1 Å². The molecule has 15 heavy (non-hydrogen) atoms. The maximum atomic E-state index is 10.4. The van der Waals surface area contributed by atoms with Crippen molar-refractivity contribution in [2.75, 3.05) is 19.6 Å². The number of aliphatic carboxylic acids is 1. The van der Waals surface area contributed by atoms with Crippen molar-refractivity contribution in [2.24, 2.45) is 5.92 Å². The van der Waals surface area contributed by atoms with Crippen molar-refractivity contribution in [3.63, 3.8) is 0 Å². The van der Waals surface area contributed by atoms with Gasteiger partial charge in [-0.15, -0.1) is 0 Å². The highest BCUT2D eigenvalue weighted by Crippen LogP contribution is 2.05. The summed E-state index contributed by atoms with van der Waals surface area (Å²) in [5, 5.41) is 18.0. The number of hydrogen-bond acceptors (Lipinski definition) is 3. The van der Waals surface area contributed by atoms with E-state index in [2.05, 4.69) is 18.7 Å². The number of likely N-dealkylation sites (N-methyl/N-ethyl adjacent to an activating group) is 1. The molecule has 2 unspecified atom stereocenters. The lowest BCUT2D eigenvalue weighted by Gasteiger charge is -2.25. The number of aliphatic hydroxyl groups is 1. The Balaban J connectivity index is 3.92. The van der Waals surface area contributed by atoms with E-state index in [9.17, 15) is 9.90 Å². The van der Waals surface area contributed by atoms with Gasteiger partial charge in [0.2, 0.25) is 0 Å². The molecule has 0 aromatic heterocycles. The molecule has 0 fully saturated rings. The van der Waals surface area contributed by atoms with Crippen molar-refractivity contribution in [1.29, 1.82) is 0 Å². The molecule has 0 aliphatic rings. The van der Waals surface area contributed by atoms with Crippen molar-refractivity contribution in [2.45, 2.75) is 39.7 Å². The normalized spacial score (nSPS) is 15.3. The second-order valence-corrected chi connectivity index (χ2v) is 4.12. The van der Waals surface area contributed by atoms with Crippen LogP contribution < -0.4 is 0 Å². The third-order valence-corrected chi connectivity index (χ3v) is 2.59. The molecule has 0 spiro atoms. The van der Waals surface area contributed by atoms with Crippen molar-refractivity contribution >= 4 is 5.97 Å². The fourth-order valence-corrected chi connectivity index (χ4v) is 1.47. The van der Waals surface area contributed by atoms with E-state index in [0.717, 1.165) is 19.5 Å². The summed E-state index contributed by atoms with van der Waals surface area (Å²) in [6, 6.07) is 0. The topological polar surface area (TPSA) is 60.8 Å². The third-order valence-electron chi connectivity index (χ3n) is 2.59. The van der Waals surface area contributed by atoms with Gasteiger partial charge in [-0.2, -0.15) is 0 Å². The number of carboxylic acids is 1. The molecule has 0 aromatic rings. The minimum Gasteiger partial charge on any atom is -0.481 e. The Kier molecular flexibility index (Phi) is 7.34. The smallest absolute Gasteiger partial charge is 0.306 e. The SMILES string of the molecule is CCC(C)CN(CC)CC(O)CC(=O)O. The van der Waals surface area contributed by atoms with Crippen LogP contribution in [0.15, 0.2) is 0 Å². The van der Waals surface area contributed by atoms with Crippen LogP contribution in [0.3, 0.4) is 0 Å². The van der Waals surface area contributed by atoms with Crippen LogP contribution in [0.4, 0.5) is 0 Å². The molecule has 0 saturated carbocycles. The summed E-state index contributed by atoms with van der Waals surface area (Å²) in [6.07, 6.45) is 0.175. The van der Waals surface area contributed by atoms with E-state index < -0.39 is 12.1 Å². The van der Waals surface area contributed by atoms with Gasteiger partial charge in [-0.3, -0.25) is 4.79 Å². The average molecular weight is 217 g/mol. The first-order valence-corrected chi connectivity index (χ1v) is 5.61. The van der Waals surface area contributed by atoms with Gasteiger partial charge in [0.25, 0.3) is 0 Å². The van der Waals surface area contributed by atoms with Crippen LogP contribution in [0.2, 0.25) is 0 Å². The van der Waals surface area contributed by atoms with Crippen LogP contribution >= 0.6 is 0 Å². The minimum atomic E-state index is -0.943. The second kappa shape index (κ2) is 7.65. The van der Waals surface area contributed by atoms with E-state index in [1.165, 1.54) is 0 Å². The molecule has 4 nitrogen and oxygen atoms in total. The van der Waals surface area contributed by atoms with Gasteiger partial charge in [-0.05, 0) is 12.5 Å². The molecule has 0 amide bonds. The molecule has 0 rings (SSSR count). The van der Waals surface area contributed by atoms with Gasteiger partial charge in [0.1, 0.15) is 0 Å². The van der Waals surface area contributed by atoms with E-state index in [1.807, 2.05) is 6.92 Å². The van der Waals surface area contributed by atoms with Crippen molar-refractivity contribution < 1.29 is 15.0 Å². The average Bonchev–Trinajstić information content (AvgIpc) is 2.15. The monoisotopic (exact) mass is 217 g/mol. The number of carbonyl (C=O) groups is 1. The lowest BCUT2D eigenvalue weighted by Crippen LogP contribution is -2.36. The molecule has 0 aliphatic carbocycles. The minimum absolute atomic E-state index is 0.170. The summed E-state index contributed by atoms with van der Waals surface area (Å²) in [5.74, 6) is -0.357. The van der Waals surface area contributed by atoms with Gasteiger partial charge in [0.15, 0.2) is 0 Å². The summed E-state index contributed by atoms with van der Waals surface area (Å²) in [5.41, 5.74) is 0. The van der Waals surface area contributed by atoms with E-state index in [0.29, 0.717) is 12.5 Å². The molecule has 2 N–H and O–H groups in total. The summed E-state index contributed by atoms with van der Waals surface area (Å²) in [4.78, 5) is 12.5. The predicted molar refractivity (Wildman–Crippen MR) is 59.8 cm³/mol. The number of aliphatic hydroxyl groups excluding tert-OH is 1. The van der Waals surface area contributed by atoms with Gasteiger partial charge >= 0.3 is 5.97 Å². The zero-order valence-corrected chi connectivity index (χ0v) is 9.94. The zero-order valence-electron chi connectivity index (χ0n) is 9.94. The standard InChI is InChI=1S/C11H23NO3/c1-4-9(3)7-12(5-2)8-10(13)6-11(14)15/h9-10,13H,4-8H2,1-3H3,(H,14,15). The highest BCUT2D eigenvalue weighted by Gasteiger charge is 2.14. The van der Waals surface area contributed by atoms with E-state index in [-0.39, 0.29) is 6.42 Å². The molecular formula is C11H23NO3. The summed E-state index contributed by atoms with van der Waals surface area (Å²) in [7, 11) is 0. The molecule has 0 bridgehead atoms. The second-order valence-electron chi connectivity index (χ2n) is 4.12. The maximum Gasteiger partial charge on any atom is 0.306 e. The summed E-state index contributed by atoms with van der Waals surface area (Å²) < 4.78 is 0. The lowest BCUT2D eigenvalue weighted by atomic mass is 10.1. The first kappa shape index (κ1) is 14.4. The van der Waals surface area contributed by atoms with Gasteiger partial charge in [-0.1, -0.05) is 27.2 Å². The van der Waals surface area contributed by atoms with Gasteiger partial charge in [0.05, 0.1) is 12.5 Å². The Bertz CT molecular complexity index is 185. The van der Waals surface area contributed by atoms with Gasteiger partial charge < -0.3 is 15.1 Å². The Morgan fingerprint density at radius 2 is 1.93 bits per heavy atom. The largest absolute Gasteiger partial charge is 0.481 e. The number of hydrogen-bond donors (Lipinski definition) is 2. The van der Waals surface area contributed by atoms with E-state index >= 15 is 0 Å². The fraction of sp³-hybridized carbons (Fsp3) is 0.909. The van der Waals surface area contributed by atoms with Crippen LogP contribution in [-0.4, -0.2) is 46.8 Å². The molecule has 4 heteroatoms. The number of rotatable bonds is 8. The van der Waals surface area contributed by atoms with Crippen molar-refractivity contribution in [3.8, 4) is 0 Å². The van der Waals surface area contributed by atoms with E-state index in [4.69, 9.17) is 5.11 Å². The molecular weight excluding hydrogens is 194 g/mol. The lowest BCUT2D eigenvalue weighted by molar-refractivity contribution is -0.139. The highest BCUT2D eigenvalue weighted by molar-refractivity contribution is 5.67. The van der Waals surface area contributed by atoms with Crippen LogP contribution in [0.1, 0.15) is 33.6 Å². The molecule has 0 heterocycles.